The molecule has 0 aliphatic heterocycles. The van der Waals surface area contributed by atoms with Crippen molar-refractivity contribution in [3.63, 3.8) is 0 Å². The van der Waals surface area contributed by atoms with Crippen molar-refractivity contribution in [3.05, 3.63) is 0 Å². The average Bonchev–Trinajstić information content (AvgIpc) is 2.26. The van der Waals surface area contributed by atoms with E-state index in [1.165, 1.54) is 38.6 Å². The van der Waals surface area contributed by atoms with Crippen molar-refractivity contribution in [2.75, 3.05) is 26.3 Å². The lowest BCUT2D eigenvalue weighted by Crippen LogP contribution is -2.17. The molecule has 2 heteroatoms. The van der Waals surface area contributed by atoms with Crippen LogP contribution in [0.2, 0.25) is 0 Å². The van der Waals surface area contributed by atoms with Crippen LogP contribution in [0.25, 0.3) is 0 Å². The highest BCUT2D eigenvalue weighted by atomic mass is 16.5. The molecule has 0 spiro atoms. The molecule has 0 rings (SSSR count). The third-order valence-electron chi connectivity index (χ3n) is 2.84. The minimum absolute atomic E-state index is 0.856. The Morgan fingerprint density at radius 3 is 2.47 bits per heavy atom. The summed E-state index contributed by atoms with van der Waals surface area (Å²) in [5, 5.41) is 3.45. The number of nitrogens with one attached hydrogen (secondary N) is 1. The quantitative estimate of drug-likeness (QED) is 0.534. The van der Waals surface area contributed by atoms with Gasteiger partial charge in [0.15, 0.2) is 0 Å². The number of ether oxygens (including phenoxy) is 1. The molecule has 1 unspecified atom stereocenters. The van der Waals surface area contributed by atoms with Crippen LogP contribution < -0.4 is 5.32 Å². The lowest BCUT2D eigenvalue weighted by molar-refractivity contribution is 0.129. The monoisotopic (exact) mass is 215 g/mol. The van der Waals surface area contributed by atoms with E-state index in [9.17, 15) is 0 Å². The fourth-order valence-electron chi connectivity index (χ4n) is 1.76. The number of hydrogen-bond acceptors (Lipinski definition) is 2. The van der Waals surface area contributed by atoms with Gasteiger partial charge in [-0.2, -0.15) is 0 Å². The summed E-state index contributed by atoms with van der Waals surface area (Å²) in [6.45, 7) is 10.7. The second-order valence-electron chi connectivity index (χ2n) is 4.15. The van der Waals surface area contributed by atoms with E-state index in [1.807, 2.05) is 0 Å². The van der Waals surface area contributed by atoms with Gasteiger partial charge in [0.05, 0.1) is 0 Å². The van der Waals surface area contributed by atoms with Crippen LogP contribution in [0, 0.1) is 5.92 Å². The zero-order valence-electron chi connectivity index (χ0n) is 10.8. The van der Waals surface area contributed by atoms with Gasteiger partial charge in [0.2, 0.25) is 0 Å². The van der Waals surface area contributed by atoms with Crippen LogP contribution in [-0.4, -0.2) is 26.3 Å². The maximum atomic E-state index is 5.40. The van der Waals surface area contributed by atoms with Crippen LogP contribution in [0.5, 0.6) is 0 Å². The molecule has 0 saturated heterocycles. The van der Waals surface area contributed by atoms with Crippen molar-refractivity contribution < 1.29 is 4.74 Å². The summed E-state index contributed by atoms with van der Waals surface area (Å²) in [7, 11) is 0. The summed E-state index contributed by atoms with van der Waals surface area (Å²) >= 11 is 0. The number of hydrogen-bond donors (Lipinski definition) is 1. The molecule has 0 aliphatic rings. The zero-order valence-corrected chi connectivity index (χ0v) is 10.8. The fraction of sp³-hybridized carbons (Fsp3) is 1.00. The van der Waals surface area contributed by atoms with E-state index in [0.717, 1.165) is 25.7 Å². The smallest absolute Gasteiger partial charge is 0.0468 e. The Bertz CT molecular complexity index is 117. The Morgan fingerprint density at radius 2 is 1.87 bits per heavy atom. The molecular formula is C13H29NO. The summed E-state index contributed by atoms with van der Waals surface area (Å²) in [4.78, 5) is 0. The predicted octanol–water partition coefficient (Wildman–Crippen LogP) is 3.22. The molecule has 1 N–H and O–H groups in total. The first-order valence-corrected chi connectivity index (χ1v) is 6.63. The summed E-state index contributed by atoms with van der Waals surface area (Å²) in [6.07, 6.45) is 6.42. The van der Waals surface area contributed by atoms with Crippen molar-refractivity contribution >= 4 is 0 Å². The SMILES string of the molecule is CCCNCCCC(CC)CCOCC. The van der Waals surface area contributed by atoms with Gasteiger partial charge in [-0.05, 0) is 51.6 Å². The highest BCUT2D eigenvalue weighted by Crippen LogP contribution is 2.14. The van der Waals surface area contributed by atoms with E-state index < -0.39 is 0 Å². The Morgan fingerprint density at radius 1 is 1.07 bits per heavy atom. The first kappa shape index (κ1) is 14.9. The summed E-state index contributed by atoms with van der Waals surface area (Å²) in [5.74, 6) is 0.861. The highest BCUT2D eigenvalue weighted by Gasteiger charge is 2.05. The molecule has 0 aromatic carbocycles. The molecule has 92 valence electrons. The third kappa shape index (κ3) is 10.2. The van der Waals surface area contributed by atoms with E-state index >= 15 is 0 Å². The minimum Gasteiger partial charge on any atom is -0.382 e. The molecule has 0 radical (unpaired) electrons. The van der Waals surface area contributed by atoms with Gasteiger partial charge >= 0.3 is 0 Å². The Balaban J connectivity index is 3.28. The topological polar surface area (TPSA) is 21.3 Å². The highest BCUT2D eigenvalue weighted by molar-refractivity contribution is 4.58. The van der Waals surface area contributed by atoms with Gasteiger partial charge in [0, 0.05) is 13.2 Å². The average molecular weight is 215 g/mol. The van der Waals surface area contributed by atoms with Gasteiger partial charge in [-0.25, -0.2) is 0 Å². The van der Waals surface area contributed by atoms with Crippen LogP contribution in [0.3, 0.4) is 0 Å². The van der Waals surface area contributed by atoms with Gasteiger partial charge in [-0.3, -0.25) is 0 Å². The number of rotatable bonds is 11. The normalized spacial score (nSPS) is 13.0. The molecule has 1 atom stereocenters. The third-order valence-corrected chi connectivity index (χ3v) is 2.84. The van der Waals surface area contributed by atoms with Crippen molar-refractivity contribution in [2.24, 2.45) is 5.92 Å². The lowest BCUT2D eigenvalue weighted by Gasteiger charge is -2.14. The second kappa shape index (κ2) is 12.0. The minimum atomic E-state index is 0.856. The Labute approximate surface area is 95.8 Å². The van der Waals surface area contributed by atoms with Gasteiger partial charge < -0.3 is 10.1 Å². The van der Waals surface area contributed by atoms with Gasteiger partial charge in [0.25, 0.3) is 0 Å². The molecular weight excluding hydrogens is 186 g/mol. The predicted molar refractivity (Wildman–Crippen MR) is 67.3 cm³/mol. The van der Waals surface area contributed by atoms with E-state index in [0.29, 0.717) is 0 Å². The molecule has 0 aromatic rings. The summed E-state index contributed by atoms with van der Waals surface area (Å²) < 4.78 is 5.40. The van der Waals surface area contributed by atoms with Crippen LogP contribution in [-0.2, 0) is 4.74 Å². The van der Waals surface area contributed by atoms with Crippen molar-refractivity contribution in [1.29, 1.82) is 0 Å². The molecule has 0 heterocycles. The van der Waals surface area contributed by atoms with Gasteiger partial charge in [0.1, 0.15) is 0 Å². The van der Waals surface area contributed by atoms with Crippen LogP contribution >= 0.6 is 0 Å². The Hall–Kier alpha value is -0.0800. The van der Waals surface area contributed by atoms with Crippen LogP contribution in [0.4, 0.5) is 0 Å². The molecule has 0 aromatic heterocycles. The van der Waals surface area contributed by atoms with Crippen LogP contribution in [0.1, 0.15) is 52.9 Å². The maximum absolute atomic E-state index is 5.40. The zero-order chi connectivity index (χ0) is 11.4. The molecule has 0 fully saturated rings. The second-order valence-corrected chi connectivity index (χ2v) is 4.15. The fourth-order valence-corrected chi connectivity index (χ4v) is 1.76. The molecule has 0 saturated carbocycles. The standard InChI is InChI=1S/C13H29NO/c1-4-10-14-11-7-8-13(5-2)9-12-15-6-3/h13-14H,4-12H2,1-3H3. The van der Waals surface area contributed by atoms with Crippen molar-refractivity contribution in [2.45, 2.75) is 52.9 Å². The first-order valence-electron chi connectivity index (χ1n) is 6.63. The molecule has 0 aliphatic carbocycles. The van der Waals surface area contributed by atoms with E-state index in [-0.39, 0.29) is 0 Å². The van der Waals surface area contributed by atoms with Crippen molar-refractivity contribution in [3.8, 4) is 0 Å². The largest absolute Gasteiger partial charge is 0.382 e. The van der Waals surface area contributed by atoms with Crippen LogP contribution in [0.15, 0.2) is 0 Å². The van der Waals surface area contributed by atoms with Crippen molar-refractivity contribution in [1.82, 2.24) is 5.32 Å². The summed E-state index contributed by atoms with van der Waals surface area (Å²) in [6, 6.07) is 0. The van der Waals surface area contributed by atoms with E-state index in [1.54, 1.807) is 0 Å². The summed E-state index contributed by atoms with van der Waals surface area (Å²) in [5.41, 5.74) is 0. The molecule has 0 bridgehead atoms. The van der Waals surface area contributed by atoms with Gasteiger partial charge in [-0.15, -0.1) is 0 Å². The van der Waals surface area contributed by atoms with E-state index in [2.05, 4.69) is 26.1 Å². The molecule has 2 nitrogen and oxygen atoms in total. The molecule has 0 amide bonds. The van der Waals surface area contributed by atoms with E-state index in [4.69, 9.17) is 4.74 Å². The van der Waals surface area contributed by atoms with Gasteiger partial charge in [-0.1, -0.05) is 20.3 Å². The molecule has 15 heavy (non-hydrogen) atoms. The first-order chi connectivity index (χ1) is 7.35. The maximum Gasteiger partial charge on any atom is 0.0468 e. The lowest BCUT2D eigenvalue weighted by atomic mass is 9.97. The Kier molecular flexibility index (Phi) is 11.9.